The molecule has 5 heteroatoms. The van der Waals surface area contributed by atoms with E-state index >= 15 is 0 Å². The molecule has 0 unspecified atom stereocenters. The Labute approximate surface area is 164 Å². The molecule has 0 aliphatic heterocycles. The summed E-state index contributed by atoms with van der Waals surface area (Å²) in [7, 11) is 0. The van der Waals surface area contributed by atoms with Gasteiger partial charge in [-0.3, -0.25) is 0 Å². The largest absolute Gasteiger partial charge is 0.353 e. The van der Waals surface area contributed by atoms with Crippen LogP contribution < -0.4 is 0 Å². The monoisotopic (exact) mass is 380 g/mol. The molecule has 4 rings (SSSR count). The van der Waals surface area contributed by atoms with Crippen molar-refractivity contribution in [2.45, 2.75) is 53.4 Å². The summed E-state index contributed by atoms with van der Waals surface area (Å²) in [5.41, 5.74) is 8.60. The Morgan fingerprint density at radius 2 is 1.85 bits per heavy atom. The number of H-pyrrole nitrogens is 1. The van der Waals surface area contributed by atoms with E-state index in [0.717, 1.165) is 57.2 Å². The van der Waals surface area contributed by atoms with E-state index in [1.165, 1.54) is 11.1 Å². The average Bonchev–Trinajstić information content (AvgIpc) is 3.12. The molecule has 1 aromatic carbocycles. The fraction of sp³-hybridized carbons (Fsp3) is 0.364. The maximum Gasteiger partial charge on any atom is 0.158 e. The van der Waals surface area contributed by atoms with Gasteiger partial charge in [0.25, 0.3) is 0 Å². The molecule has 3 heterocycles. The molecule has 0 saturated heterocycles. The van der Waals surface area contributed by atoms with Crippen molar-refractivity contribution >= 4 is 28.2 Å². The Balaban J connectivity index is 2.03. The molecule has 0 radical (unpaired) electrons. The highest BCUT2D eigenvalue weighted by Crippen LogP contribution is 2.35. The van der Waals surface area contributed by atoms with E-state index in [-0.39, 0.29) is 0 Å². The van der Waals surface area contributed by atoms with E-state index in [0.29, 0.717) is 5.92 Å². The number of nitrogens with one attached hydrogen (secondary N) is 1. The average molecular weight is 381 g/mol. The number of rotatable bonds is 4. The molecule has 0 spiro atoms. The van der Waals surface area contributed by atoms with Gasteiger partial charge in [0.15, 0.2) is 5.65 Å². The number of nitrogens with zero attached hydrogens (tertiary/aromatic N) is 3. The minimum atomic E-state index is 0.492. The predicted molar refractivity (Wildman–Crippen MR) is 113 cm³/mol. The Bertz CT molecular complexity index is 1150. The standard InChI is InChI=1S/C22H25ClN4/c1-6-15(7-2)18-10-12(3)26-27-21(14(5)24-22(18)27)20-13(4)17-11-16(23)8-9-19(17)25-20/h8-11,15,25H,6-7H2,1-5H3. The number of imidazole rings is 1. The maximum atomic E-state index is 6.22. The van der Waals surface area contributed by atoms with E-state index in [9.17, 15) is 0 Å². The molecule has 27 heavy (non-hydrogen) atoms. The van der Waals surface area contributed by atoms with Gasteiger partial charge in [0.2, 0.25) is 0 Å². The van der Waals surface area contributed by atoms with Crippen molar-refractivity contribution in [1.29, 1.82) is 0 Å². The van der Waals surface area contributed by atoms with Crippen molar-refractivity contribution in [1.82, 2.24) is 19.6 Å². The first-order valence-electron chi connectivity index (χ1n) is 9.59. The molecular weight excluding hydrogens is 356 g/mol. The molecule has 4 nitrogen and oxygen atoms in total. The van der Waals surface area contributed by atoms with E-state index in [1.807, 2.05) is 22.7 Å². The number of halogens is 1. The zero-order valence-corrected chi connectivity index (χ0v) is 17.3. The highest BCUT2D eigenvalue weighted by atomic mass is 35.5. The number of aromatic nitrogens is 4. The van der Waals surface area contributed by atoms with Crippen molar-refractivity contribution in [3.05, 3.63) is 51.8 Å². The Hall–Kier alpha value is -2.33. The highest BCUT2D eigenvalue weighted by Gasteiger charge is 2.22. The maximum absolute atomic E-state index is 6.22. The van der Waals surface area contributed by atoms with Crippen molar-refractivity contribution in [2.75, 3.05) is 0 Å². The molecular formula is C22H25ClN4. The minimum absolute atomic E-state index is 0.492. The van der Waals surface area contributed by atoms with Gasteiger partial charge in [-0.05, 0) is 69.4 Å². The minimum Gasteiger partial charge on any atom is -0.353 e. The fourth-order valence-corrected chi connectivity index (χ4v) is 4.30. The lowest BCUT2D eigenvalue weighted by Crippen LogP contribution is -2.05. The van der Waals surface area contributed by atoms with Crippen LogP contribution in [0.15, 0.2) is 24.3 Å². The summed E-state index contributed by atoms with van der Waals surface area (Å²) in [4.78, 5) is 8.49. The van der Waals surface area contributed by atoms with Gasteiger partial charge in [-0.15, -0.1) is 0 Å². The fourth-order valence-electron chi connectivity index (χ4n) is 4.13. The second-order valence-electron chi connectivity index (χ2n) is 7.35. The van der Waals surface area contributed by atoms with Gasteiger partial charge in [0, 0.05) is 21.5 Å². The summed E-state index contributed by atoms with van der Waals surface area (Å²) >= 11 is 6.22. The molecule has 0 saturated carbocycles. The molecule has 0 aliphatic carbocycles. The smallest absolute Gasteiger partial charge is 0.158 e. The third kappa shape index (κ3) is 2.83. The number of fused-ring (bicyclic) bond motifs is 2. The second kappa shape index (κ2) is 6.68. The Morgan fingerprint density at radius 3 is 2.56 bits per heavy atom. The summed E-state index contributed by atoms with van der Waals surface area (Å²) in [6.45, 7) is 10.7. The molecule has 0 fully saturated rings. The number of aromatic amines is 1. The van der Waals surface area contributed by atoms with E-state index in [2.05, 4.69) is 45.7 Å². The third-order valence-corrected chi connectivity index (χ3v) is 5.83. The summed E-state index contributed by atoms with van der Waals surface area (Å²) in [6.07, 6.45) is 2.20. The number of hydrogen-bond donors (Lipinski definition) is 1. The van der Waals surface area contributed by atoms with Crippen LogP contribution in [-0.2, 0) is 0 Å². The van der Waals surface area contributed by atoms with Crippen molar-refractivity contribution in [3.8, 4) is 11.4 Å². The lowest BCUT2D eigenvalue weighted by Gasteiger charge is -2.14. The van der Waals surface area contributed by atoms with Gasteiger partial charge in [0.05, 0.1) is 17.1 Å². The normalized spacial score (nSPS) is 12.0. The molecule has 3 aromatic heterocycles. The van der Waals surface area contributed by atoms with Crippen molar-refractivity contribution < 1.29 is 0 Å². The molecule has 140 valence electrons. The van der Waals surface area contributed by atoms with Crippen LogP contribution in [-0.4, -0.2) is 19.6 Å². The third-order valence-electron chi connectivity index (χ3n) is 5.59. The first kappa shape index (κ1) is 18.1. The van der Waals surface area contributed by atoms with E-state index in [4.69, 9.17) is 21.7 Å². The van der Waals surface area contributed by atoms with E-state index in [1.54, 1.807) is 0 Å². The number of benzene rings is 1. The van der Waals surface area contributed by atoms with Gasteiger partial charge in [-0.2, -0.15) is 5.10 Å². The zero-order valence-electron chi connectivity index (χ0n) is 16.5. The number of hydrogen-bond acceptors (Lipinski definition) is 2. The van der Waals surface area contributed by atoms with Crippen LogP contribution in [0.4, 0.5) is 0 Å². The van der Waals surface area contributed by atoms with E-state index < -0.39 is 0 Å². The lowest BCUT2D eigenvalue weighted by molar-refractivity contribution is 0.638. The molecule has 4 aromatic rings. The van der Waals surface area contributed by atoms with Gasteiger partial charge in [-0.25, -0.2) is 9.50 Å². The predicted octanol–water partition coefficient (Wildman–Crippen LogP) is 6.36. The molecule has 0 atom stereocenters. The highest BCUT2D eigenvalue weighted by molar-refractivity contribution is 6.31. The van der Waals surface area contributed by atoms with Gasteiger partial charge >= 0.3 is 0 Å². The Kier molecular flexibility index (Phi) is 4.47. The molecule has 1 N–H and O–H groups in total. The van der Waals surface area contributed by atoms with Crippen LogP contribution in [0.25, 0.3) is 27.9 Å². The van der Waals surface area contributed by atoms with Crippen LogP contribution in [0.1, 0.15) is 55.1 Å². The van der Waals surface area contributed by atoms with Crippen LogP contribution in [0.5, 0.6) is 0 Å². The SMILES string of the molecule is CCC(CC)c1cc(C)nn2c(-c3[nH]c4ccc(Cl)cc4c3C)c(C)nc12. The van der Waals surface area contributed by atoms with Crippen LogP contribution in [0.2, 0.25) is 5.02 Å². The van der Waals surface area contributed by atoms with Crippen LogP contribution in [0.3, 0.4) is 0 Å². The summed E-state index contributed by atoms with van der Waals surface area (Å²) < 4.78 is 2.03. The van der Waals surface area contributed by atoms with Gasteiger partial charge in [-0.1, -0.05) is 25.4 Å². The number of aryl methyl sites for hydroxylation is 3. The Morgan fingerprint density at radius 1 is 1.11 bits per heavy atom. The first-order chi connectivity index (χ1) is 12.9. The zero-order chi connectivity index (χ0) is 19.3. The van der Waals surface area contributed by atoms with Crippen LogP contribution >= 0.6 is 11.6 Å². The molecule has 0 aliphatic rings. The van der Waals surface area contributed by atoms with Crippen LogP contribution in [0, 0.1) is 20.8 Å². The van der Waals surface area contributed by atoms with Crippen molar-refractivity contribution in [2.24, 2.45) is 0 Å². The molecule has 0 bridgehead atoms. The summed E-state index contributed by atoms with van der Waals surface area (Å²) in [6, 6.07) is 8.15. The van der Waals surface area contributed by atoms with Gasteiger partial charge < -0.3 is 4.98 Å². The van der Waals surface area contributed by atoms with Gasteiger partial charge in [0.1, 0.15) is 5.69 Å². The summed E-state index contributed by atoms with van der Waals surface area (Å²) in [5, 5.41) is 6.71. The quantitative estimate of drug-likeness (QED) is 0.447. The topological polar surface area (TPSA) is 46.0 Å². The summed E-state index contributed by atoms with van der Waals surface area (Å²) in [5.74, 6) is 0.492. The second-order valence-corrected chi connectivity index (χ2v) is 7.79. The molecule has 0 amide bonds. The lowest BCUT2D eigenvalue weighted by atomic mass is 9.95. The van der Waals surface area contributed by atoms with Crippen molar-refractivity contribution in [3.63, 3.8) is 0 Å². The first-order valence-corrected chi connectivity index (χ1v) is 9.97.